The molecule has 2 aromatic rings. The van der Waals surface area contributed by atoms with E-state index in [9.17, 15) is 14.4 Å². The molecule has 31 heavy (non-hydrogen) atoms. The highest BCUT2D eigenvalue weighted by Crippen LogP contribution is 2.30. The van der Waals surface area contributed by atoms with Gasteiger partial charge in [-0.2, -0.15) is 0 Å². The molecule has 2 aliphatic rings. The van der Waals surface area contributed by atoms with Crippen molar-refractivity contribution in [3.05, 3.63) is 48.5 Å². The summed E-state index contributed by atoms with van der Waals surface area (Å²) in [5.41, 5.74) is 1.36. The van der Waals surface area contributed by atoms with E-state index in [-0.39, 0.29) is 0 Å². The lowest BCUT2D eigenvalue weighted by molar-refractivity contribution is -0.140. The number of piperazine rings is 1. The lowest BCUT2D eigenvalue weighted by atomic mass is 9.88. The van der Waals surface area contributed by atoms with Gasteiger partial charge in [-0.25, -0.2) is 9.69 Å². The maximum atomic E-state index is 12.7. The van der Waals surface area contributed by atoms with Crippen molar-refractivity contribution in [1.29, 1.82) is 0 Å². The van der Waals surface area contributed by atoms with Crippen LogP contribution in [-0.2, 0) is 9.59 Å². The number of barbiturate groups is 1. The average molecular weight is 422 g/mol. The molecule has 2 heterocycles. The molecule has 0 bridgehead atoms. The monoisotopic (exact) mass is 422 g/mol. The molecule has 2 saturated heterocycles. The predicted octanol–water partition coefficient (Wildman–Crippen LogP) is 2.63. The lowest BCUT2D eigenvalue weighted by Crippen LogP contribution is -2.62. The molecule has 8 heteroatoms. The maximum Gasteiger partial charge on any atom is 0.335 e. The number of carbonyl (C=O) groups excluding carboxylic acids is 3. The summed E-state index contributed by atoms with van der Waals surface area (Å²) < 4.78 is 5.22. The third kappa shape index (κ3) is 3.81. The fraction of sp³-hybridized carbons (Fsp3) is 0.348. The van der Waals surface area contributed by atoms with Gasteiger partial charge in [-0.1, -0.05) is 0 Å². The summed E-state index contributed by atoms with van der Waals surface area (Å²) in [4.78, 5) is 42.5. The number of amides is 4. The Morgan fingerprint density at radius 1 is 0.774 bits per heavy atom. The molecule has 2 aromatic carbocycles. The third-order valence-electron chi connectivity index (χ3n) is 5.92. The summed E-state index contributed by atoms with van der Waals surface area (Å²) in [6.45, 7) is 6.52. The van der Waals surface area contributed by atoms with Crippen LogP contribution in [0.3, 0.4) is 0 Å². The van der Waals surface area contributed by atoms with Gasteiger partial charge in [-0.05, 0) is 62.4 Å². The third-order valence-corrected chi connectivity index (χ3v) is 5.92. The molecule has 2 aliphatic heterocycles. The summed E-state index contributed by atoms with van der Waals surface area (Å²) >= 11 is 0. The molecule has 1 N–H and O–H groups in total. The molecule has 162 valence electrons. The number of hydrogen-bond donors (Lipinski definition) is 1. The second kappa shape index (κ2) is 7.94. The molecule has 0 unspecified atom stereocenters. The molecule has 2 fully saturated rings. The number of benzene rings is 2. The summed E-state index contributed by atoms with van der Waals surface area (Å²) in [5, 5.41) is 2.26. The Balaban J connectivity index is 1.42. The van der Waals surface area contributed by atoms with Gasteiger partial charge >= 0.3 is 6.03 Å². The molecule has 0 aromatic heterocycles. The molecule has 0 aliphatic carbocycles. The summed E-state index contributed by atoms with van der Waals surface area (Å²) in [6.07, 6.45) is 0. The Labute approximate surface area is 181 Å². The number of imide groups is 2. The summed E-state index contributed by atoms with van der Waals surface area (Å²) in [5.74, 6) is -0.261. The first-order valence-corrected chi connectivity index (χ1v) is 10.3. The van der Waals surface area contributed by atoms with Crippen molar-refractivity contribution in [2.45, 2.75) is 13.8 Å². The van der Waals surface area contributed by atoms with E-state index in [1.54, 1.807) is 19.2 Å². The van der Waals surface area contributed by atoms with Crippen LogP contribution in [0.5, 0.6) is 5.75 Å². The first-order chi connectivity index (χ1) is 14.8. The molecule has 0 saturated carbocycles. The van der Waals surface area contributed by atoms with Crippen LogP contribution in [0.1, 0.15) is 13.8 Å². The van der Waals surface area contributed by atoms with Crippen LogP contribution in [0.2, 0.25) is 0 Å². The van der Waals surface area contributed by atoms with Crippen molar-refractivity contribution in [2.24, 2.45) is 5.41 Å². The van der Waals surface area contributed by atoms with E-state index in [1.165, 1.54) is 19.5 Å². The highest BCUT2D eigenvalue weighted by atomic mass is 16.5. The van der Waals surface area contributed by atoms with Gasteiger partial charge < -0.3 is 14.5 Å². The molecule has 0 radical (unpaired) electrons. The quantitative estimate of drug-likeness (QED) is 0.763. The van der Waals surface area contributed by atoms with Gasteiger partial charge in [-0.15, -0.1) is 0 Å². The molecule has 4 amide bonds. The zero-order valence-corrected chi connectivity index (χ0v) is 17.9. The summed E-state index contributed by atoms with van der Waals surface area (Å²) in [7, 11) is 1.66. The molecule has 0 atom stereocenters. The lowest BCUT2D eigenvalue weighted by Gasteiger charge is -2.38. The zero-order chi connectivity index (χ0) is 22.2. The van der Waals surface area contributed by atoms with E-state index in [2.05, 4.69) is 27.2 Å². The van der Waals surface area contributed by atoms with Crippen LogP contribution < -0.4 is 24.8 Å². The van der Waals surface area contributed by atoms with Crippen LogP contribution in [0.25, 0.3) is 0 Å². The Hall–Kier alpha value is -3.55. The first-order valence-electron chi connectivity index (χ1n) is 10.3. The molecular formula is C23H26N4O4. The number of ether oxygens (including phenoxy) is 1. The predicted molar refractivity (Wildman–Crippen MR) is 119 cm³/mol. The molecular weight excluding hydrogens is 396 g/mol. The van der Waals surface area contributed by atoms with E-state index in [0.717, 1.165) is 42.5 Å². The van der Waals surface area contributed by atoms with Crippen LogP contribution >= 0.6 is 0 Å². The van der Waals surface area contributed by atoms with Crippen LogP contribution in [-0.4, -0.2) is 51.1 Å². The largest absolute Gasteiger partial charge is 0.497 e. The Morgan fingerprint density at radius 2 is 1.23 bits per heavy atom. The Bertz CT molecular complexity index is 993. The topological polar surface area (TPSA) is 82.2 Å². The highest BCUT2D eigenvalue weighted by molar-refractivity contribution is 6.29. The first kappa shape index (κ1) is 20.7. The molecule has 8 nitrogen and oxygen atoms in total. The SMILES string of the molecule is COc1ccc(N2CCN(c3ccc(N4C(=O)NC(=O)C(C)(C)C4=O)cc3)CC2)cc1. The second-order valence-corrected chi connectivity index (χ2v) is 8.21. The van der Waals surface area contributed by atoms with Crippen molar-refractivity contribution in [1.82, 2.24) is 5.32 Å². The fourth-order valence-electron chi connectivity index (χ4n) is 3.84. The molecule has 0 spiro atoms. The molecule has 4 rings (SSSR count). The maximum absolute atomic E-state index is 12.7. The smallest absolute Gasteiger partial charge is 0.335 e. The van der Waals surface area contributed by atoms with Gasteiger partial charge in [0.1, 0.15) is 11.2 Å². The van der Waals surface area contributed by atoms with E-state index in [0.29, 0.717) is 5.69 Å². The number of urea groups is 1. The van der Waals surface area contributed by atoms with Gasteiger partial charge in [0.2, 0.25) is 11.8 Å². The second-order valence-electron chi connectivity index (χ2n) is 8.21. The number of hydrogen-bond acceptors (Lipinski definition) is 6. The van der Waals surface area contributed by atoms with Crippen LogP contribution in [0.15, 0.2) is 48.5 Å². The van der Waals surface area contributed by atoms with E-state index in [1.807, 2.05) is 24.3 Å². The van der Waals surface area contributed by atoms with E-state index in [4.69, 9.17) is 4.74 Å². The zero-order valence-electron chi connectivity index (χ0n) is 17.9. The standard InChI is InChI=1S/C23H26N4O4/c1-23(2)20(28)24-22(30)27(21(23)29)18-6-4-16(5-7-18)25-12-14-26(15-13-25)17-8-10-19(31-3)11-9-17/h4-11H,12-15H2,1-3H3,(H,24,28,30). The number of rotatable bonds is 4. The van der Waals surface area contributed by atoms with Gasteiger partial charge in [-0.3, -0.25) is 14.9 Å². The van der Waals surface area contributed by atoms with Crippen molar-refractivity contribution in [2.75, 3.05) is 48.0 Å². The van der Waals surface area contributed by atoms with Crippen molar-refractivity contribution < 1.29 is 19.1 Å². The highest BCUT2D eigenvalue weighted by Gasteiger charge is 2.47. The van der Waals surface area contributed by atoms with Gasteiger partial charge in [0.25, 0.3) is 0 Å². The van der Waals surface area contributed by atoms with Crippen LogP contribution in [0, 0.1) is 5.41 Å². The fourth-order valence-corrected chi connectivity index (χ4v) is 3.84. The minimum atomic E-state index is -1.29. The normalized spacial score (nSPS) is 18.8. The van der Waals surface area contributed by atoms with Crippen molar-refractivity contribution >= 4 is 34.9 Å². The Kier molecular flexibility index (Phi) is 5.31. The summed E-state index contributed by atoms with van der Waals surface area (Å²) in [6, 6.07) is 14.6. The number of nitrogens with one attached hydrogen (secondary N) is 1. The number of methoxy groups -OCH3 is 1. The number of carbonyl (C=O) groups is 3. The van der Waals surface area contributed by atoms with Gasteiger partial charge in [0.05, 0.1) is 12.8 Å². The van der Waals surface area contributed by atoms with E-state index >= 15 is 0 Å². The average Bonchev–Trinajstić information content (AvgIpc) is 2.79. The van der Waals surface area contributed by atoms with Crippen molar-refractivity contribution in [3.8, 4) is 5.75 Å². The minimum Gasteiger partial charge on any atom is -0.497 e. The van der Waals surface area contributed by atoms with Crippen molar-refractivity contribution in [3.63, 3.8) is 0 Å². The van der Waals surface area contributed by atoms with Gasteiger partial charge in [0, 0.05) is 37.6 Å². The van der Waals surface area contributed by atoms with Crippen LogP contribution in [0.4, 0.5) is 21.9 Å². The number of nitrogens with zero attached hydrogens (tertiary/aromatic N) is 3. The number of anilines is 3. The minimum absolute atomic E-state index is 0.448. The van der Waals surface area contributed by atoms with E-state index < -0.39 is 23.3 Å². The van der Waals surface area contributed by atoms with Gasteiger partial charge in [0.15, 0.2) is 0 Å². The Morgan fingerprint density at radius 3 is 1.71 bits per heavy atom.